The zero-order valence-electron chi connectivity index (χ0n) is 18.1. The van der Waals surface area contributed by atoms with Crippen molar-refractivity contribution in [1.29, 1.82) is 0 Å². The van der Waals surface area contributed by atoms with E-state index in [9.17, 15) is 4.79 Å². The Morgan fingerprint density at radius 3 is 2.63 bits per heavy atom. The molecule has 0 spiro atoms. The molecule has 4 heterocycles. The average Bonchev–Trinajstić information content (AvgIpc) is 3.39. The second kappa shape index (κ2) is 7.40. The summed E-state index contributed by atoms with van der Waals surface area (Å²) in [5, 5.41) is 16.9. The zero-order chi connectivity index (χ0) is 21.6. The van der Waals surface area contributed by atoms with E-state index in [1.165, 1.54) is 0 Å². The van der Waals surface area contributed by atoms with Crippen molar-refractivity contribution in [3.8, 4) is 11.3 Å². The van der Waals surface area contributed by atoms with Crippen molar-refractivity contribution in [2.75, 3.05) is 5.32 Å². The number of amides is 1. The number of fused-ring (bicyclic) bond motifs is 1. The summed E-state index contributed by atoms with van der Waals surface area (Å²) in [6.45, 7) is 10.9. The maximum absolute atomic E-state index is 13.2. The zero-order valence-corrected chi connectivity index (χ0v) is 18.1. The van der Waals surface area contributed by atoms with Crippen LogP contribution >= 0.6 is 0 Å². The molecule has 0 unspecified atom stereocenters. The number of hydrogen-bond donors (Lipinski definition) is 1. The maximum atomic E-state index is 13.2. The molecule has 0 aliphatic heterocycles. The smallest absolute Gasteiger partial charge is 0.257 e. The van der Waals surface area contributed by atoms with Gasteiger partial charge in [0.2, 0.25) is 0 Å². The lowest BCUT2D eigenvalue weighted by Gasteiger charge is -2.09. The van der Waals surface area contributed by atoms with Gasteiger partial charge in [0.15, 0.2) is 11.5 Å². The summed E-state index contributed by atoms with van der Waals surface area (Å²) in [5.74, 6) is 0.263. The van der Waals surface area contributed by atoms with E-state index in [0.717, 1.165) is 23.5 Å². The first kappa shape index (κ1) is 19.8. The molecule has 4 aromatic heterocycles. The molecular formula is C21H26N8O. The van der Waals surface area contributed by atoms with Gasteiger partial charge in [-0.1, -0.05) is 0 Å². The van der Waals surface area contributed by atoms with E-state index in [4.69, 9.17) is 4.98 Å². The van der Waals surface area contributed by atoms with E-state index >= 15 is 0 Å². The standard InChI is InChI=1S/C21H26N8O/c1-7-28-14(5)19(13(4)25-28)17-10-15(16-11-22-27(6)20(16)23-17)21(30)24-18-8-9-29(26-18)12(2)3/h8-12H,7H2,1-6H3,(H,24,26,30). The molecule has 9 nitrogen and oxygen atoms in total. The van der Waals surface area contributed by atoms with Crippen LogP contribution in [-0.4, -0.2) is 40.2 Å². The van der Waals surface area contributed by atoms with Crippen LogP contribution in [0, 0.1) is 13.8 Å². The van der Waals surface area contributed by atoms with Crippen LogP contribution in [0.15, 0.2) is 24.5 Å². The summed E-state index contributed by atoms with van der Waals surface area (Å²) in [6, 6.07) is 3.82. The highest BCUT2D eigenvalue weighted by Crippen LogP contribution is 2.29. The fourth-order valence-corrected chi connectivity index (χ4v) is 3.68. The van der Waals surface area contributed by atoms with Crippen molar-refractivity contribution in [3.05, 3.63) is 41.5 Å². The fraction of sp³-hybridized carbons (Fsp3) is 0.381. The molecule has 0 aliphatic carbocycles. The summed E-state index contributed by atoms with van der Waals surface area (Å²) in [5.41, 5.74) is 4.70. The highest BCUT2D eigenvalue weighted by Gasteiger charge is 2.21. The van der Waals surface area contributed by atoms with Gasteiger partial charge in [-0.2, -0.15) is 15.3 Å². The van der Waals surface area contributed by atoms with Crippen LogP contribution < -0.4 is 5.32 Å². The average molecular weight is 406 g/mol. The Hall–Kier alpha value is -3.49. The first-order valence-electron chi connectivity index (χ1n) is 10.0. The lowest BCUT2D eigenvalue weighted by molar-refractivity contribution is 0.102. The number of aromatic nitrogens is 7. The molecule has 156 valence electrons. The van der Waals surface area contributed by atoms with Gasteiger partial charge in [0.25, 0.3) is 5.91 Å². The van der Waals surface area contributed by atoms with E-state index in [1.807, 2.05) is 51.7 Å². The largest absolute Gasteiger partial charge is 0.305 e. The van der Waals surface area contributed by atoms with Crippen LogP contribution in [0.5, 0.6) is 0 Å². The quantitative estimate of drug-likeness (QED) is 0.547. The van der Waals surface area contributed by atoms with Gasteiger partial charge in [0.1, 0.15) is 0 Å². The summed E-state index contributed by atoms with van der Waals surface area (Å²) in [7, 11) is 1.82. The number of pyridine rings is 1. The molecule has 0 radical (unpaired) electrons. The number of carbonyl (C=O) groups excluding carboxylic acids is 1. The maximum Gasteiger partial charge on any atom is 0.257 e. The molecule has 4 rings (SSSR count). The van der Waals surface area contributed by atoms with Gasteiger partial charge in [-0.25, -0.2) is 4.98 Å². The van der Waals surface area contributed by atoms with Gasteiger partial charge in [-0.3, -0.25) is 18.8 Å². The van der Waals surface area contributed by atoms with E-state index in [-0.39, 0.29) is 11.9 Å². The third-order valence-corrected chi connectivity index (χ3v) is 5.27. The van der Waals surface area contributed by atoms with Crippen molar-refractivity contribution in [2.45, 2.75) is 47.2 Å². The van der Waals surface area contributed by atoms with Crippen molar-refractivity contribution in [2.24, 2.45) is 7.05 Å². The number of nitrogens with zero attached hydrogens (tertiary/aromatic N) is 7. The van der Waals surface area contributed by atoms with Gasteiger partial charge < -0.3 is 5.32 Å². The molecule has 0 atom stereocenters. The lowest BCUT2D eigenvalue weighted by atomic mass is 10.0. The number of carbonyl (C=O) groups is 1. The molecule has 0 fully saturated rings. The predicted molar refractivity (Wildman–Crippen MR) is 115 cm³/mol. The Kier molecular flexibility index (Phi) is 4.89. The molecule has 0 saturated heterocycles. The third kappa shape index (κ3) is 3.26. The van der Waals surface area contributed by atoms with E-state index in [1.54, 1.807) is 21.6 Å². The van der Waals surface area contributed by atoms with Crippen LogP contribution in [-0.2, 0) is 13.6 Å². The third-order valence-electron chi connectivity index (χ3n) is 5.27. The number of rotatable bonds is 5. The molecule has 30 heavy (non-hydrogen) atoms. The SMILES string of the molecule is CCn1nc(C)c(-c2cc(C(=O)Nc3ccn(C(C)C)n3)c3cnn(C)c3n2)c1C. The van der Waals surface area contributed by atoms with Crippen LogP contribution in [0.2, 0.25) is 0 Å². The second-order valence-corrected chi connectivity index (χ2v) is 7.65. The Morgan fingerprint density at radius 1 is 1.23 bits per heavy atom. The topological polar surface area (TPSA) is 95.5 Å². The summed E-state index contributed by atoms with van der Waals surface area (Å²) >= 11 is 0. The molecular weight excluding hydrogens is 380 g/mol. The minimum atomic E-state index is -0.246. The highest BCUT2D eigenvalue weighted by molar-refractivity contribution is 6.12. The van der Waals surface area contributed by atoms with Crippen LogP contribution in [0.3, 0.4) is 0 Å². The molecule has 9 heteroatoms. The molecule has 1 amide bonds. The van der Waals surface area contributed by atoms with Crippen LogP contribution in [0.4, 0.5) is 5.82 Å². The van der Waals surface area contributed by atoms with Gasteiger partial charge in [-0.15, -0.1) is 0 Å². The Bertz CT molecular complexity index is 1240. The van der Waals surface area contributed by atoms with Gasteiger partial charge in [0.05, 0.1) is 28.5 Å². The minimum absolute atomic E-state index is 0.217. The second-order valence-electron chi connectivity index (χ2n) is 7.65. The predicted octanol–water partition coefficient (Wildman–Crippen LogP) is 3.50. The monoisotopic (exact) mass is 406 g/mol. The summed E-state index contributed by atoms with van der Waals surface area (Å²) in [6.07, 6.45) is 3.52. The van der Waals surface area contributed by atoms with Crippen molar-refractivity contribution in [3.63, 3.8) is 0 Å². The van der Waals surface area contributed by atoms with Gasteiger partial charge in [-0.05, 0) is 40.7 Å². The van der Waals surface area contributed by atoms with Crippen LogP contribution in [0.25, 0.3) is 22.3 Å². The number of aryl methyl sites for hydroxylation is 3. The Balaban J connectivity index is 1.81. The highest BCUT2D eigenvalue weighted by atomic mass is 16.1. The van der Waals surface area contributed by atoms with E-state index in [2.05, 4.69) is 27.5 Å². The van der Waals surface area contributed by atoms with E-state index < -0.39 is 0 Å². The Morgan fingerprint density at radius 2 is 2.00 bits per heavy atom. The number of nitrogens with one attached hydrogen (secondary N) is 1. The fourth-order valence-electron chi connectivity index (χ4n) is 3.68. The van der Waals surface area contributed by atoms with Crippen molar-refractivity contribution < 1.29 is 4.79 Å². The van der Waals surface area contributed by atoms with Gasteiger partial charge in [0, 0.05) is 43.2 Å². The first-order valence-corrected chi connectivity index (χ1v) is 10.0. The minimum Gasteiger partial charge on any atom is -0.305 e. The Labute approximate surface area is 174 Å². The molecule has 0 saturated carbocycles. The summed E-state index contributed by atoms with van der Waals surface area (Å²) < 4.78 is 5.43. The molecule has 0 aliphatic rings. The molecule has 4 aromatic rings. The van der Waals surface area contributed by atoms with Gasteiger partial charge >= 0.3 is 0 Å². The van der Waals surface area contributed by atoms with Crippen molar-refractivity contribution >= 4 is 22.8 Å². The van der Waals surface area contributed by atoms with Crippen molar-refractivity contribution in [1.82, 2.24) is 34.3 Å². The number of hydrogen-bond acceptors (Lipinski definition) is 5. The number of anilines is 1. The molecule has 0 aromatic carbocycles. The van der Waals surface area contributed by atoms with Crippen LogP contribution in [0.1, 0.15) is 48.6 Å². The molecule has 0 bridgehead atoms. The summed E-state index contributed by atoms with van der Waals surface area (Å²) in [4.78, 5) is 18.0. The lowest BCUT2D eigenvalue weighted by Crippen LogP contribution is -2.14. The first-order chi connectivity index (χ1) is 14.3. The van der Waals surface area contributed by atoms with E-state index in [0.29, 0.717) is 28.1 Å². The molecule has 1 N–H and O–H groups in total. The normalized spacial score (nSPS) is 11.6.